The normalized spacial score (nSPS) is 21.0. The van der Waals surface area contributed by atoms with E-state index in [0.717, 1.165) is 29.3 Å². The lowest BCUT2D eigenvalue weighted by Gasteiger charge is -2.15. The number of furan rings is 1. The van der Waals surface area contributed by atoms with E-state index in [1.54, 1.807) is 0 Å². The molecule has 0 aliphatic heterocycles. The molecule has 5 heteroatoms. The number of carbonyl (C=O) groups excluding carboxylic acids is 1. The summed E-state index contributed by atoms with van der Waals surface area (Å²) in [5.74, 6) is 7.27. The molecule has 1 fully saturated rings. The maximum absolute atomic E-state index is 12.1. The standard InChI is InChI=1S/C16H21N3O2/c1-10-7-11(10)8-19(2)9-14-15(16(20)18-17)12-5-3-4-6-13(12)21-14/h3-6,10-11H,7-9,17H2,1-2H3,(H,18,20). The first-order chi connectivity index (χ1) is 10.1. The fourth-order valence-corrected chi connectivity index (χ4v) is 2.89. The summed E-state index contributed by atoms with van der Waals surface area (Å²) in [7, 11) is 2.06. The average Bonchev–Trinajstić information content (AvgIpc) is 3.02. The number of nitrogens with two attached hydrogens (primary N) is 1. The zero-order valence-electron chi connectivity index (χ0n) is 12.4. The van der Waals surface area contributed by atoms with Crippen molar-refractivity contribution in [1.82, 2.24) is 10.3 Å². The lowest BCUT2D eigenvalue weighted by molar-refractivity contribution is 0.0951. The van der Waals surface area contributed by atoms with Crippen LogP contribution in [0.2, 0.25) is 0 Å². The molecular formula is C16H21N3O2. The van der Waals surface area contributed by atoms with E-state index in [0.29, 0.717) is 17.9 Å². The summed E-state index contributed by atoms with van der Waals surface area (Å²) >= 11 is 0. The average molecular weight is 287 g/mol. The number of nitrogen functional groups attached to an aromatic ring is 1. The summed E-state index contributed by atoms with van der Waals surface area (Å²) in [5.41, 5.74) is 3.48. The fraction of sp³-hybridized carbons (Fsp3) is 0.438. The highest BCUT2D eigenvalue weighted by Crippen LogP contribution is 2.38. The largest absolute Gasteiger partial charge is 0.459 e. The molecule has 21 heavy (non-hydrogen) atoms. The van der Waals surface area contributed by atoms with Crippen molar-refractivity contribution in [2.24, 2.45) is 17.7 Å². The van der Waals surface area contributed by atoms with E-state index in [9.17, 15) is 4.79 Å². The van der Waals surface area contributed by atoms with Gasteiger partial charge in [0.05, 0.1) is 12.1 Å². The van der Waals surface area contributed by atoms with Crippen molar-refractivity contribution in [2.45, 2.75) is 19.9 Å². The van der Waals surface area contributed by atoms with Crippen LogP contribution in [-0.2, 0) is 6.54 Å². The maximum Gasteiger partial charge on any atom is 0.269 e. The molecule has 1 aliphatic rings. The molecule has 2 atom stereocenters. The molecule has 3 rings (SSSR count). The van der Waals surface area contributed by atoms with Crippen LogP contribution in [0.4, 0.5) is 0 Å². The van der Waals surface area contributed by atoms with Gasteiger partial charge in [0, 0.05) is 11.9 Å². The number of hydrogen-bond acceptors (Lipinski definition) is 4. The Balaban J connectivity index is 1.87. The van der Waals surface area contributed by atoms with Gasteiger partial charge in [-0.05, 0) is 31.4 Å². The van der Waals surface area contributed by atoms with Gasteiger partial charge in [0.2, 0.25) is 0 Å². The Labute approximate surface area is 124 Å². The molecule has 1 saturated carbocycles. The number of nitrogens with one attached hydrogen (secondary N) is 1. The molecule has 0 radical (unpaired) electrons. The third-order valence-electron chi connectivity index (χ3n) is 4.26. The first-order valence-corrected chi connectivity index (χ1v) is 7.30. The van der Waals surface area contributed by atoms with Gasteiger partial charge in [0.25, 0.3) is 5.91 Å². The lowest BCUT2D eigenvalue weighted by atomic mass is 10.1. The third-order valence-corrected chi connectivity index (χ3v) is 4.26. The predicted octanol–water partition coefficient (Wildman–Crippen LogP) is 2.12. The van der Waals surface area contributed by atoms with Crippen molar-refractivity contribution in [2.75, 3.05) is 13.6 Å². The number of carbonyl (C=O) groups is 1. The minimum atomic E-state index is -0.303. The van der Waals surface area contributed by atoms with Gasteiger partial charge >= 0.3 is 0 Å². The van der Waals surface area contributed by atoms with E-state index >= 15 is 0 Å². The van der Waals surface area contributed by atoms with Gasteiger partial charge in [-0.15, -0.1) is 0 Å². The Kier molecular flexibility index (Phi) is 3.69. The quantitative estimate of drug-likeness (QED) is 0.502. The van der Waals surface area contributed by atoms with Crippen molar-refractivity contribution in [3.63, 3.8) is 0 Å². The monoisotopic (exact) mass is 287 g/mol. The van der Waals surface area contributed by atoms with E-state index < -0.39 is 0 Å². The number of benzene rings is 1. The van der Waals surface area contributed by atoms with Crippen LogP contribution in [0.25, 0.3) is 11.0 Å². The second kappa shape index (κ2) is 5.50. The fourth-order valence-electron chi connectivity index (χ4n) is 2.89. The second-order valence-electron chi connectivity index (χ2n) is 6.04. The molecule has 2 aromatic rings. The SMILES string of the molecule is CC1CC1CN(C)Cc1oc2ccccc2c1C(=O)NN. The van der Waals surface area contributed by atoms with Gasteiger partial charge in [-0.1, -0.05) is 25.1 Å². The Morgan fingerprint density at radius 3 is 2.86 bits per heavy atom. The molecule has 1 amide bonds. The van der Waals surface area contributed by atoms with Gasteiger partial charge in [0.15, 0.2) is 0 Å². The summed E-state index contributed by atoms with van der Waals surface area (Å²) in [6.45, 7) is 3.91. The molecule has 2 unspecified atom stereocenters. The molecule has 0 bridgehead atoms. The van der Waals surface area contributed by atoms with Gasteiger partial charge in [-0.3, -0.25) is 15.1 Å². The summed E-state index contributed by atoms with van der Waals surface area (Å²) < 4.78 is 5.86. The highest BCUT2D eigenvalue weighted by molar-refractivity contribution is 6.07. The van der Waals surface area contributed by atoms with Crippen LogP contribution < -0.4 is 11.3 Å². The first-order valence-electron chi connectivity index (χ1n) is 7.30. The number of rotatable bonds is 5. The zero-order chi connectivity index (χ0) is 15.0. The Hall–Kier alpha value is -1.85. The van der Waals surface area contributed by atoms with Crippen molar-refractivity contribution < 1.29 is 9.21 Å². The van der Waals surface area contributed by atoms with Crippen LogP contribution in [0, 0.1) is 11.8 Å². The molecule has 1 aromatic carbocycles. The zero-order valence-corrected chi connectivity index (χ0v) is 12.4. The van der Waals surface area contributed by atoms with Crippen LogP contribution in [0.1, 0.15) is 29.5 Å². The van der Waals surface area contributed by atoms with Crippen LogP contribution in [0.5, 0.6) is 0 Å². The topological polar surface area (TPSA) is 71.5 Å². The Morgan fingerprint density at radius 2 is 2.19 bits per heavy atom. The van der Waals surface area contributed by atoms with Crippen molar-refractivity contribution in [3.05, 3.63) is 35.6 Å². The number of para-hydroxylation sites is 1. The summed E-state index contributed by atoms with van der Waals surface area (Å²) in [6, 6.07) is 7.55. The number of hydrazine groups is 1. The van der Waals surface area contributed by atoms with E-state index in [1.807, 2.05) is 24.3 Å². The smallest absolute Gasteiger partial charge is 0.269 e. The van der Waals surface area contributed by atoms with E-state index in [4.69, 9.17) is 10.3 Å². The van der Waals surface area contributed by atoms with Gasteiger partial charge in [0.1, 0.15) is 11.3 Å². The van der Waals surface area contributed by atoms with E-state index in [1.165, 1.54) is 6.42 Å². The second-order valence-corrected chi connectivity index (χ2v) is 6.04. The lowest BCUT2D eigenvalue weighted by Crippen LogP contribution is -2.31. The molecule has 112 valence electrons. The number of fused-ring (bicyclic) bond motifs is 1. The van der Waals surface area contributed by atoms with Gasteiger partial charge < -0.3 is 4.42 Å². The van der Waals surface area contributed by atoms with Crippen LogP contribution in [0.15, 0.2) is 28.7 Å². The molecular weight excluding hydrogens is 266 g/mol. The maximum atomic E-state index is 12.1. The number of hydrogen-bond donors (Lipinski definition) is 2. The molecule has 1 heterocycles. The summed E-state index contributed by atoms with van der Waals surface area (Å²) in [5, 5.41) is 0.809. The van der Waals surface area contributed by atoms with Gasteiger partial charge in [-0.25, -0.2) is 5.84 Å². The van der Waals surface area contributed by atoms with Crippen molar-refractivity contribution in [3.8, 4) is 0 Å². The van der Waals surface area contributed by atoms with Crippen molar-refractivity contribution >= 4 is 16.9 Å². The van der Waals surface area contributed by atoms with Crippen LogP contribution in [-0.4, -0.2) is 24.4 Å². The molecule has 0 saturated heterocycles. The molecule has 1 aliphatic carbocycles. The summed E-state index contributed by atoms with van der Waals surface area (Å²) in [6.07, 6.45) is 1.29. The van der Waals surface area contributed by atoms with Crippen LogP contribution >= 0.6 is 0 Å². The highest BCUT2D eigenvalue weighted by atomic mass is 16.3. The van der Waals surface area contributed by atoms with E-state index in [-0.39, 0.29) is 5.91 Å². The van der Waals surface area contributed by atoms with Crippen LogP contribution in [0.3, 0.4) is 0 Å². The Morgan fingerprint density at radius 1 is 1.48 bits per heavy atom. The number of nitrogens with zero attached hydrogens (tertiary/aromatic N) is 1. The third kappa shape index (κ3) is 2.80. The first kappa shape index (κ1) is 14.1. The van der Waals surface area contributed by atoms with Crippen molar-refractivity contribution in [1.29, 1.82) is 0 Å². The minimum Gasteiger partial charge on any atom is -0.459 e. The molecule has 5 nitrogen and oxygen atoms in total. The Bertz CT molecular complexity index is 665. The summed E-state index contributed by atoms with van der Waals surface area (Å²) in [4.78, 5) is 14.3. The minimum absolute atomic E-state index is 0.303. The molecule has 0 spiro atoms. The predicted molar refractivity (Wildman–Crippen MR) is 81.5 cm³/mol. The highest BCUT2D eigenvalue weighted by Gasteiger charge is 2.33. The number of amides is 1. The molecule has 3 N–H and O–H groups in total. The molecule has 1 aromatic heterocycles. The van der Waals surface area contributed by atoms with E-state index in [2.05, 4.69) is 24.3 Å². The van der Waals surface area contributed by atoms with Gasteiger partial charge in [-0.2, -0.15) is 0 Å².